The highest BCUT2D eigenvalue weighted by Crippen LogP contribution is 2.32. The number of benzene rings is 2. The number of imide groups is 1. The maximum atomic E-state index is 12.7. The number of fused-ring (bicyclic) bond motifs is 1. The maximum absolute atomic E-state index is 12.7. The van der Waals surface area contributed by atoms with Crippen LogP contribution in [0.2, 0.25) is 0 Å². The number of carbonyl (C=O) groups is 4. The molecule has 32 heavy (non-hydrogen) atoms. The van der Waals surface area contributed by atoms with E-state index in [9.17, 15) is 19.2 Å². The summed E-state index contributed by atoms with van der Waals surface area (Å²) in [7, 11) is 0. The van der Waals surface area contributed by atoms with Gasteiger partial charge in [0.2, 0.25) is 5.91 Å². The van der Waals surface area contributed by atoms with Gasteiger partial charge in [-0.15, -0.1) is 11.3 Å². The largest absolute Gasteiger partial charge is 0.462 e. The standard InChI is InChI=1S/C24H20N2O5S/c1-2-31-24(30)19-13-16(14-26-22(28)17-10-6-7-11-18(17)23(26)29)32-21(19)25-20(27)12-15-8-4-3-5-9-15/h3-11,13H,2,12,14H2,1H3,(H,25,27). The fourth-order valence-corrected chi connectivity index (χ4v) is 4.51. The fraction of sp³-hybridized carbons (Fsp3) is 0.167. The molecule has 0 fully saturated rings. The summed E-state index contributed by atoms with van der Waals surface area (Å²) < 4.78 is 5.11. The minimum Gasteiger partial charge on any atom is -0.462 e. The summed E-state index contributed by atoms with van der Waals surface area (Å²) in [4.78, 5) is 52.1. The molecule has 1 aliphatic heterocycles. The monoisotopic (exact) mass is 448 g/mol. The van der Waals surface area contributed by atoms with Crippen LogP contribution in [0.5, 0.6) is 0 Å². The number of nitrogens with one attached hydrogen (secondary N) is 1. The fourth-order valence-electron chi connectivity index (χ4n) is 3.46. The first-order valence-electron chi connectivity index (χ1n) is 10.1. The van der Waals surface area contributed by atoms with E-state index in [-0.39, 0.29) is 42.9 Å². The predicted molar refractivity (Wildman–Crippen MR) is 120 cm³/mol. The molecule has 1 N–H and O–H groups in total. The third-order valence-corrected chi connectivity index (χ3v) is 5.97. The number of hydrogen-bond acceptors (Lipinski definition) is 6. The molecule has 0 bridgehead atoms. The van der Waals surface area contributed by atoms with Gasteiger partial charge in [-0.05, 0) is 30.7 Å². The molecular formula is C24H20N2O5S. The molecule has 3 aromatic rings. The van der Waals surface area contributed by atoms with Crippen LogP contribution in [0, 0.1) is 0 Å². The first-order valence-corrected chi connectivity index (χ1v) is 10.9. The number of carbonyl (C=O) groups excluding carboxylic acids is 4. The van der Waals surface area contributed by atoms with Gasteiger partial charge in [0.15, 0.2) is 0 Å². The van der Waals surface area contributed by atoms with E-state index < -0.39 is 5.97 Å². The van der Waals surface area contributed by atoms with Gasteiger partial charge in [-0.25, -0.2) is 4.79 Å². The Labute approximate surface area is 188 Å². The Hall–Kier alpha value is -3.78. The summed E-state index contributed by atoms with van der Waals surface area (Å²) >= 11 is 1.14. The van der Waals surface area contributed by atoms with Crippen molar-refractivity contribution >= 4 is 40.0 Å². The highest BCUT2D eigenvalue weighted by molar-refractivity contribution is 7.16. The van der Waals surface area contributed by atoms with Crippen molar-refractivity contribution in [2.75, 3.05) is 11.9 Å². The molecule has 162 valence electrons. The van der Waals surface area contributed by atoms with Crippen LogP contribution >= 0.6 is 11.3 Å². The second-order valence-corrected chi connectivity index (χ2v) is 8.27. The van der Waals surface area contributed by atoms with Crippen LogP contribution in [0.1, 0.15) is 48.4 Å². The Morgan fingerprint density at radius 3 is 2.22 bits per heavy atom. The minimum absolute atomic E-state index is 0.00201. The molecule has 2 aromatic carbocycles. The molecule has 0 saturated heterocycles. The van der Waals surface area contributed by atoms with E-state index in [2.05, 4.69) is 5.32 Å². The molecule has 4 rings (SSSR count). The van der Waals surface area contributed by atoms with Crippen LogP contribution in [0.25, 0.3) is 0 Å². The second kappa shape index (κ2) is 9.15. The van der Waals surface area contributed by atoms with Gasteiger partial charge in [-0.2, -0.15) is 0 Å². The normalized spacial score (nSPS) is 12.6. The predicted octanol–water partition coefficient (Wildman–Crippen LogP) is 3.90. The van der Waals surface area contributed by atoms with Crippen molar-refractivity contribution in [3.05, 3.63) is 87.8 Å². The van der Waals surface area contributed by atoms with E-state index in [4.69, 9.17) is 4.74 Å². The number of amides is 3. The molecule has 0 spiro atoms. The van der Waals surface area contributed by atoms with Crippen molar-refractivity contribution in [3.63, 3.8) is 0 Å². The lowest BCUT2D eigenvalue weighted by molar-refractivity contribution is -0.115. The highest BCUT2D eigenvalue weighted by Gasteiger charge is 2.35. The van der Waals surface area contributed by atoms with Crippen molar-refractivity contribution in [1.82, 2.24) is 4.90 Å². The van der Waals surface area contributed by atoms with Gasteiger partial charge in [0.25, 0.3) is 11.8 Å². The number of rotatable bonds is 7. The number of esters is 1. The van der Waals surface area contributed by atoms with Gasteiger partial charge in [0, 0.05) is 4.88 Å². The van der Waals surface area contributed by atoms with Gasteiger partial charge < -0.3 is 10.1 Å². The third kappa shape index (κ3) is 4.31. The molecule has 0 aliphatic carbocycles. The van der Waals surface area contributed by atoms with Crippen molar-refractivity contribution in [3.8, 4) is 0 Å². The molecule has 7 nitrogen and oxygen atoms in total. The number of ether oxygens (including phenoxy) is 1. The van der Waals surface area contributed by atoms with Gasteiger partial charge >= 0.3 is 5.97 Å². The van der Waals surface area contributed by atoms with Crippen molar-refractivity contribution < 1.29 is 23.9 Å². The van der Waals surface area contributed by atoms with E-state index in [0.717, 1.165) is 21.8 Å². The van der Waals surface area contributed by atoms with Crippen molar-refractivity contribution in [1.29, 1.82) is 0 Å². The van der Waals surface area contributed by atoms with Crippen LogP contribution in [-0.2, 0) is 22.5 Å². The molecule has 0 saturated carbocycles. The second-order valence-electron chi connectivity index (χ2n) is 7.13. The van der Waals surface area contributed by atoms with E-state index in [0.29, 0.717) is 21.0 Å². The molecule has 0 atom stereocenters. The lowest BCUT2D eigenvalue weighted by Crippen LogP contribution is -2.28. The summed E-state index contributed by atoms with van der Waals surface area (Å²) in [5, 5.41) is 3.10. The minimum atomic E-state index is -0.577. The van der Waals surface area contributed by atoms with Crippen LogP contribution in [0.15, 0.2) is 60.7 Å². The maximum Gasteiger partial charge on any atom is 0.341 e. The Bertz CT molecular complexity index is 1170. The summed E-state index contributed by atoms with van der Waals surface area (Å²) in [6.07, 6.45) is 0.148. The molecule has 1 aromatic heterocycles. The van der Waals surface area contributed by atoms with Crippen LogP contribution in [0.3, 0.4) is 0 Å². The molecule has 2 heterocycles. The topological polar surface area (TPSA) is 92.8 Å². The van der Waals surface area contributed by atoms with Gasteiger partial charge in [0.1, 0.15) is 5.00 Å². The first kappa shape index (κ1) is 21.5. The number of thiophene rings is 1. The zero-order valence-electron chi connectivity index (χ0n) is 17.3. The zero-order valence-corrected chi connectivity index (χ0v) is 18.1. The number of nitrogens with zero attached hydrogens (tertiary/aromatic N) is 1. The Balaban J connectivity index is 1.56. The van der Waals surface area contributed by atoms with E-state index in [1.54, 1.807) is 37.3 Å². The van der Waals surface area contributed by atoms with E-state index in [1.807, 2.05) is 30.3 Å². The average Bonchev–Trinajstić information content (AvgIpc) is 3.29. The van der Waals surface area contributed by atoms with Crippen LogP contribution in [-0.4, -0.2) is 35.2 Å². The summed E-state index contributed by atoms with van der Waals surface area (Å²) in [6.45, 7) is 1.87. The highest BCUT2D eigenvalue weighted by atomic mass is 32.1. The average molecular weight is 449 g/mol. The van der Waals surface area contributed by atoms with Crippen molar-refractivity contribution in [2.45, 2.75) is 19.9 Å². The Morgan fingerprint density at radius 1 is 0.969 bits per heavy atom. The third-order valence-electron chi connectivity index (χ3n) is 4.93. The van der Waals surface area contributed by atoms with Gasteiger partial charge in [-0.3, -0.25) is 19.3 Å². The van der Waals surface area contributed by atoms with E-state index in [1.165, 1.54) is 0 Å². The van der Waals surface area contributed by atoms with Gasteiger partial charge in [0.05, 0.1) is 36.3 Å². The van der Waals surface area contributed by atoms with Gasteiger partial charge in [-0.1, -0.05) is 42.5 Å². The number of anilines is 1. The molecule has 8 heteroatoms. The summed E-state index contributed by atoms with van der Waals surface area (Å²) in [5.74, 6) is -1.62. The first-order chi connectivity index (χ1) is 15.5. The zero-order chi connectivity index (χ0) is 22.7. The SMILES string of the molecule is CCOC(=O)c1cc(CN2C(=O)c3ccccc3C2=O)sc1NC(=O)Cc1ccccc1. The quantitative estimate of drug-likeness (QED) is 0.437. The van der Waals surface area contributed by atoms with Crippen LogP contribution < -0.4 is 5.32 Å². The van der Waals surface area contributed by atoms with Crippen molar-refractivity contribution in [2.24, 2.45) is 0 Å². The van der Waals surface area contributed by atoms with E-state index >= 15 is 0 Å². The molecule has 1 aliphatic rings. The summed E-state index contributed by atoms with van der Waals surface area (Å²) in [5.41, 5.74) is 1.75. The Kier molecular flexibility index (Phi) is 6.13. The number of hydrogen-bond donors (Lipinski definition) is 1. The molecule has 3 amide bonds. The lowest BCUT2D eigenvalue weighted by Gasteiger charge is -2.12. The molecule has 0 unspecified atom stereocenters. The molecular weight excluding hydrogens is 428 g/mol. The Morgan fingerprint density at radius 2 is 1.59 bits per heavy atom. The lowest BCUT2D eigenvalue weighted by atomic mass is 10.1. The van der Waals surface area contributed by atoms with Crippen LogP contribution in [0.4, 0.5) is 5.00 Å². The summed E-state index contributed by atoms with van der Waals surface area (Å²) in [6, 6.07) is 17.4. The molecule has 0 radical (unpaired) electrons. The smallest absolute Gasteiger partial charge is 0.341 e.